The van der Waals surface area contributed by atoms with Crippen LogP contribution in [0.25, 0.3) is 64.6 Å². The lowest BCUT2D eigenvalue weighted by Crippen LogP contribution is -1.95. The molecule has 0 saturated carbocycles. The molecule has 0 aliphatic rings. The standard InChI is InChI=1S/C45H32/c1-29-22-32-10-2-5-13-37(32)43-21-19-30(25-44(29)43)23-36-28-34-12-4-7-15-39(34)45-26-31(18-20-41(36)45)24-35-27-33-11-3-6-14-38(33)42-17-9-8-16-40(35)42/h2-22,25-28H,23-24H2,1H3. The van der Waals surface area contributed by atoms with Crippen molar-refractivity contribution < 1.29 is 0 Å². The van der Waals surface area contributed by atoms with Gasteiger partial charge in [-0.15, -0.1) is 0 Å². The molecule has 0 saturated heterocycles. The van der Waals surface area contributed by atoms with Gasteiger partial charge in [0.2, 0.25) is 0 Å². The summed E-state index contributed by atoms with van der Waals surface area (Å²) < 4.78 is 0. The second kappa shape index (κ2) is 10.3. The van der Waals surface area contributed by atoms with Crippen molar-refractivity contribution in [2.24, 2.45) is 0 Å². The molecule has 0 aromatic heterocycles. The summed E-state index contributed by atoms with van der Waals surface area (Å²) in [5.41, 5.74) is 6.79. The SMILES string of the molecule is Cc1cc2ccccc2c2ccc(Cc3cc4ccccc4c4cc(Cc5cc6ccccc6c6ccccc56)ccc34)cc12. The third kappa shape index (κ3) is 4.37. The summed E-state index contributed by atoms with van der Waals surface area (Å²) in [5.74, 6) is 0. The topological polar surface area (TPSA) is 0 Å². The van der Waals surface area contributed by atoms with Crippen LogP contribution >= 0.6 is 0 Å². The number of hydrogen-bond donors (Lipinski definition) is 0. The van der Waals surface area contributed by atoms with Crippen molar-refractivity contribution in [1.29, 1.82) is 0 Å². The molecule has 0 nitrogen and oxygen atoms in total. The summed E-state index contributed by atoms with van der Waals surface area (Å²) in [6.45, 7) is 2.24. The van der Waals surface area contributed by atoms with Crippen LogP contribution in [0.3, 0.4) is 0 Å². The van der Waals surface area contributed by atoms with Gasteiger partial charge in [0.05, 0.1) is 0 Å². The average molecular weight is 573 g/mol. The highest BCUT2D eigenvalue weighted by molar-refractivity contribution is 6.11. The molecule has 0 N–H and O–H groups in total. The summed E-state index contributed by atoms with van der Waals surface area (Å²) in [5, 5.41) is 15.9. The minimum atomic E-state index is 0.901. The number of benzene rings is 9. The van der Waals surface area contributed by atoms with Crippen molar-refractivity contribution in [3.63, 3.8) is 0 Å². The molecular weight excluding hydrogens is 540 g/mol. The Bertz CT molecular complexity index is 2600. The van der Waals surface area contributed by atoms with E-state index in [2.05, 4.69) is 159 Å². The van der Waals surface area contributed by atoms with Crippen molar-refractivity contribution >= 4 is 64.6 Å². The Morgan fingerprint density at radius 1 is 0.311 bits per heavy atom. The van der Waals surface area contributed by atoms with E-state index in [9.17, 15) is 0 Å². The maximum atomic E-state index is 2.45. The third-order valence-electron chi connectivity index (χ3n) is 9.79. The Kier molecular flexibility index (Phi) is 5.96. The van der Waals surface area contributed by atoms with Gasteiger partial charge in [0.15, 0.2) is 0 Å². The predicted octanol–water partition coefficient (Wildman–Crippen LogP) is 12.1. The van der Waals surface area contributed by atoms with Crippen LogP contribution in [0.15, 0.2) is 152 Å². The fraction of sp³-hybridized carbons (Fsp3) is 0.0667. The third-order valence-corrected chi connectivity index (χ3v) is 9.79. The Hall–Kier alpha value is -5.46. The molecule has 0 amide bonds. The number of rotatable bonds is 4. The highest BCUT2D eigenvalue weighted by Gasteiger charge is 2.12. The first-order chi connectivity index (χ1) is 22.2. The molecule has 9 aromatic rings. The summed E-state index contributed by atoms with van der Waals surface area (Å²) in [7, 11) is 0. The Morgan fingerprint density at radius 2 is 0.711 bits per heavy atom. The van der Waals surface area contributed by atoms with E-state index in [1.807, 2.05) is 0 Å². The van der Waals surface area contributed by atoms with Crippen molar-refractivity contribution in [2.45, 2.75) is 19.8 Å². The maximum absolute atomic E-state index is 2.45. The fourth-order valence-electron chi connectivity index (χ4n) is 7.64. The number of fused-ring (bicyclic) bond motifs is 9. The first-order valence-corrected chi connectivity index (χ1v) is 15.9. The van der Waals surface area contributed by atoms with E-state index in [1.165, 1.54) is 92.5 Å². The largest absolute Gasteiger partial charge is 0.0616 e. The first-order valence-electron chi connectivity index (χ1n) is 15.9. The summed E-state index contributed by atoms with van der Waals surface area (Å²) in [6.07, 6.45) is 1.80. The van der Waals surface area contributed by atoms with Crippen LogP contribution in [0.2, 0.25) is 0 Å². The molecule has 0 fully saturated rings. The van der Waals surface area contributed by atoms with Crippen LogP contribution in [0.4, 0.5) is 0 Å². The molecule has 0 unspecified atom stereocenters. The second-order valence-corrected chi connectivity index (χ2v) is 12.6. The molecule has 45 heavy (non-hydrogen) atoms. The number of aryl methyl sites for hydroxylation is 1. The van der Waals surface area contributed by atoms with Crippen molar-refractivity contribution in [3.8, 4) is 0 Å². The molecule has 0 heterocycles. The van der Waals surface area contributed by atoms with Crippen LogP contribution in [-0.4, -0.2) is 0 Å². The highest BCUT2D eigenvalue weighted by atomic mass is 14.2. The summed E-state index contributed by atoms with van der Waals surface area (Å²) in [4.78, 5) is 0. The normalized spacial score (nSPS) is 11.8. The van der Waals surface area contributed by atoms with E-state index in [1.54, 1.807) is 0 Å². The molecule has 0 aliphatic heterocycles. The van der Waals surface area contributed by atoms with Gasteiger partial charge in [-0.25, -0.2) is 0 Å². The maximum Gasteiger partial charge on any atom is -0.00192 e. The van der Waals surface area contributed by atoms with E-state index in [4.69, 9.17) is 0 Å². The molecule has 0 spiro atoms. The molecule has 0 atom stereocenters. The second-order valence-electron chi connectivity index (χ2n) is 12.6. The van der Waals surface area contributed by atoms with Gasteiger partial charge >= 0.3 is 0 Å². The molecule has 212 valence electrons. The molecule has 9 aromatic carbocycles. The van der Waals surface area contributed by atoms with Crippen LogP contribution in [0.5, 0.6) is 0 Å². The van der Waals surface area contributed by atoms with Crippen molar-refractivity contribution in [1.82, 2.24) is 0 Å². The van der Waals surface area contributed by atoms with Crippen LogP contribution in [0.1, 0.15) is 27.8 Å². The Balaban J connectivity index is 1.16. The lowest BCUT2D eigenvalue weighted by atomic mass is 9.89. The van der Waals surface area contributed by atoms with Gasteiger partial charge in [-0.1, -0.05) is 152 Å². The monoisotopic (exact) mass is 572 g/mol. The molecule has 0 heteroatoms. The van der Waals surface area contributed by atoms with Gasteiger partial charge < -0.3 is 0 Å². The minimum Gasteiger partial charge on any atom is -0.0616 e. The van der Waals surface area contributed by atoms with Crippen LogP contribution in [-0.2, 0) is 12.8 Å². The molecule has 9 rings (SSSR count). The van der Waals surface area contributed by atoms with Crippen molar-refractivity contribution in [3.05, 3.63) is 179 Å². The predicted molar refractivity (Wildman–Crippen MR) is 195 cm³/mol. The van der Waals surface area contributed by atoms with Gasteiger partial charge in [0.25, 0.3) is 0 Å². The fourth-order valence-corrected chi connectivity index (χ4v) is 7.64. The quantitative estimate of drug-likeness (QED) is 0.184. The lowest BCUT2D eigenvalue weighted by Gasteiger charge is -2.15. The average Bonchev–Trinajstić information content (AvgIpc) is 3.08. The molecule has 0 radical (unpaired) electrons. The number of hydrogen-bond acceptors (Lipinski definition) is 0. The molecule has 0 aliphatic carbocycles. The van der Waals surface area contributed by atoms with E-state index in [-0.39, 0.29) is 0 Å². The van der Waals surface area contributed by atoms with E-state index in [0.717, 1.165) is 12.8 Å². The zero-order valence-electron chi connectivity index (χ0n) is 25.3. The van der Waals surface area contributed by atoms with Gasteiger partial charge in [-0.2, -0.15) is 0 Å². The minimum absolute atomic E-state index is 0.901. The molecular formula is C45H32. The van der Waals surface area contributed by atoms with Gasteiger partial charge in [-0.3, -0.25) is 0 Å². The zero-order chi connectivity index (χ0) is 29.9. The van der Waals surface area contributed by atoms with Gasteiger partial charge in [0, 0.05) is 0 Å². The smallest absolute Gasteiger partial charge is 0.00192 e. The summed E-state index contributed by atoms with van der Waals surface area (Å²) >= 11 is 0. The highest BCUT2D eigenvalue weighted by Crippen LogP contribution is 2.35. The van der Waals surface area contributed by atoms with E-state index >= 15 is 0 Å². The van der Waals surface area contributed by atoms with E-state index < -0.39 is 0 Å². The van der Waals surface area contributed by atoms with Crippen LogP contribution in [0, 0.1) is 6.92 Å². The lowest BCUT2D eigenvalue weighted by molar-refractivity contribution is 1.21. The summed E-state index contributed by atoms with van der Waals surface area (Å²) in [6, 6.07) is 56.6. The Morgan fingerprint density at radius 3 is 1.31 bits per heavy atom. The molecule has 0 bridgehead atoms. The van der Waals surface area contributed by atoms with E-state index in [0.29, 0.717) is 0 Å². The van der Waals surface area contributed by atoms with Crippen molar-refractivity contribution in [2.75, 3.05) is 0 Å². The van der Waals surface area contributed by atoms with Gasteiger partial charge in [0.1, 0.15) is 0 Å². The van der Waals surface area contributed by atoms with Crippen LogP contribution < -0.4 is 0 Å². The van der Waals surface area contributed by atoms with Gasteiger partial charge in [-0.05, 0) is 112 Å². The first kappa shape index (κ1) is 26.0. The Labute approximate surface area is 263 Å². The zero-order valence-corrected chi connectivity index (χ0v) is 25.3.